The van der Waals surface area contributed by atoms with E-state index in [1.807, 2.05) is 6.92 Å². The lowest BCUT2D eigenvalue weighted by Gasteiger charge is -2.18. The van der Waals surface area contributed by atoms with Gasteiger partial charge in [0.15, 0.2) is 0 Å². The third-order valence-corrected chi connectivity index (χ3v) is 4.68. The summed E-state index contributed by atoms with van der Waals surface area (Å²) in [6.45, 7) is 2.75. The molecule has 1 fully saturated rings. The maximum atomic E-state index is 12.5. The quantitative estimate of drug-likeness (QED) is 0.820. The van der Waals surface area contributed by atoms with Crippen molar-refractivity contribution in [1.82, 2.24) is 0 Å². The maximum Gasteiger partial charge on any atom is 0.229 e. The van der Waals surface area contributed by atoms with Gasteiger partial charge >= 0.3 is 0 Å². The number of amides is 2. The Kier molecular flexibility index (Phi) is 5.69. The van der Waals surface area contributed by atoms with E-state index in [2.05, 4.69) is 5.32 Å². The third-order valence-electron chi connectivity index (χ3n) is 4.13. The standard InChI is InChI=1S/C19H18Cl2N2O3/c1-2-26-15-6-4-14(5-7-15)22-19(25)12-9-18(24)23(11-12)17-10-13(20)3-8-16(17)21/h3-8,10,12H,2,9,11H2,1H3,(H,22,25)/t12-/m1/s1. The van der Waals surface area contributed by atoms with Crippen molar-refractivity contribution in [3.05, 3.63) is 52.5 Å². The number of halogens is 2. The van der Waals surface area contributed by atoms with Gasteiger partial charge in [0, 0.05) is 23.7 Å². The highest BCUT2D eigenvalue weighted by Gasteiger charge is 2.36. The molecule has 0 aromatic heterocycles. The average Bonchev–Trinajstić information content (AvgIpc) is 3.01. The van der Waals surface area contributed by atoms with Crippen molar-refractivity contribution in [2.45, 2.75) is 13.3 Å². The van der Waals surface area contributed by atoms with Gasteiger partial charge in [-0.1, -0.05) is 23.2 Å². The summed E-state index contributed by atoms with van der Waals surface area (Å²) >= 11 is 12.2. The molecular weight excluding hydrogens is 375 g/mol. The molecule has 0 unspecified atom stereocenters. The Bertz CT molecular complexity index is 824. The van der Waals surface area contributed by atoms with E-state index >= 15 is 0 Å². The van der Waals surface area contributed by atoms with Crippen LogP contribution in [0.2, 0.25) is 10.0 Å². The van der Waals surface area contributed by atoms with Crippen LogP contribution in [0.15, 0.2) is 42.5 Å². The Hall–Kier alpha value is -2.24. The Morgan fingerprint density at radius 2 is 1.96 bits per heavy atom. The summed E-state index contributed by atoms with van der Waals surface area (Å²) in [5.41, 5.74) is 1.19. The smallest absolute Gasteiger partial charge is 0.229 e. The fourth-order valence-corrected chi connectivity index (χ4v) is 3.24. The first-order chi connectivity index (χ1) is 12.5. The number of ether oxygens (including phenoxy) is 1. The lowest BCUT2D eigenvalue weighted by Crippen LogP contribution is -2.28. The predicted molar refractivity (Wildman–Crippen MR) is 103 cm³/mol. The summed E-state index contributed by atoms with van der Waals surface area (Å²) in [6, 6.07) is 12.0. The van der Waals surface area contributed by atoms with Crippen LogP contribution >= 0.6 is 23.2 Å². The first-order valence-corrected chi connectivity index (χ1v) is 9.02. The lowest BCUT2D eigenvalue weighted by molar-refractivity contribution is -0.122. The minimum absolute atomic E-state index is 0.131. The van der Waals surface area contributed by atoms with E-state index in [1.54, 1.807) is 42.5 Å². The number of carbonyl (C=O) groups is 2. The van der Waals surface area contributed by atoms with Crippen molar-refractivity contribution in [1.29, 1.82) is 0 Å². The minimum Gasteiger partial charge on any atom is -0.494 e. The molecule has 1 heterocycles. The monoisotopic (exact) mass is 392 g/mol. The summed E-state index contributed by atoms with van der Waals surface area (Å²) < 4.78 is 5.38. The molecule has 136 valence electrons. The van der Waals surface area contributed by atoms with E-state index in [0.717, 1.165) is 5.75 Å². The van der Waals surface area contributed by atoms with Crippen molar-refractivity contribution in [2.75, 3.05) is 23.4 Å². The van der Waals surface area contributed by atoms with Crippen molar-refractivity contribution < 1.29 is 14.3 Å². The van der Waals surface area contributed by atoms with Crippen LogP contribution < -0.4 is 15.0 Å². The van der Waals surface area contributed by atoms with E-state index in [-0.39, 0.29) is 24.8 Å². The molecule has 1 atom stereocenters. The van der Waals surface area contributed by atoms with Crippen molar-refractivity contribution in [3.8, 4) is 5.75 Å². The topological polar surface area (TPSA) is 58.6 Å². The highest BCUT2D eigenvalue weighted by Crippen LogP contribution is 2.33. The summed E-state index contributed by atoms with van der Waals surface area (Å²) in [5.74, 6) is -0.0726. The molecule has 1 saturated heterocycles. The molecule has 26 heavy (non-hydrogen) atoms. The first-order valence-electron chi connectivity index (χ1n) is 8.27. The first kappa shape index (κ1) is 18.5. The summed E-state index contributed by atoms with van der Waals surface area (Å²) in [5, 5.41) is 3.75. The molecular formula is C19H18Cl2N2O3. The second kappa shape index (κ2) is 7.98. The van der Waals surface area contributed by atoms with Crippen LogP contribution in [-0.4, -0.2) is 25.0 Å². The van der Waals surface area contributed by atoms with Crippen LogP contribution in [0.1, 0.15) is 13.3 Å². The molecule has 0 aliphatic carbocycles. The fraction of sp³-hybridized carbons (Fsp3) is 0.263. The zero-order valence-electron chi connectivity index (χ0n) is 14.2. The van der Waals surface area contributed by atoms with E-state index in [0.29, 0.717) is 28.0 Å². The third kappa shape index (κ3) is 4.11. The average molecular weight is 393 g/mol. The Morgan fingerprint density at radius 3 is 2.65 bits per heavy atom. The molecule has 2 aromatic carbocycles. The molecule has 2 amide bonds. The SMILES string of the molecule is CCOc1ccc(NC(=O)[C@@H]2CC(=O)N(c3cc(Cl)ccc3Cl)C2)cc1. The molecule has 5 nitrogen and oxygen atoms in total. The van der Waals surface area contributed by atoms with Crippen LogP contribution in [0, 0.1) is 5.92 Å². The van der Waals surface area contributed by atoms with Gasteiger partial charge in [0.05, 0.1) is 23.2 Å². The molecule has 1 aliphatic heterocycles. The number of hydrogen-bond donors (Lipinski definition) is 1. The number of hydrogen-bond acceptors (Lipinski definition) is 3. The Balaban J connectivity index is 1.68. The van der Waals surface area contributed by atoms with E-state index in [4.69, 9.17) is 27.9 Å². The number of nitrogens with one attached hydrogen (secondary N) is 1. The van der Waals surface area contributed by atoms with Gasteiger partial charge in [0.25, 0.3) is 0 Å². The summed E-state index contributed by atoms with van der Waals surface area (Å²) in [6.07, 6.45) is 0.131. The number of rotatable bonds is 5. The zero-order valence-corrected chi connectivity index (χ0v) is 15.7. The van der Waals surface area contributed by atoms with E-state index in [9.17, 15) is 9.59 Å². The van der Waals surface area contributed by atoms with Crippen molar-refractivity contribution in [3.63, 3.8) is 0 Å². The number of anilines is 2. The van der Waals surface area contributed by atoms with Gasteiger partial charge in [-0.25, -0.2) is 0 Å². The highest BCUT2D eigenvalue weighted by atomic mass is 35.5. The molecule has 1 aliphatic rings. The summed E-state index contributed by atoms with van der Waals surface area (Å²) in [4.78, 5) is 26.4. The van der Waals surface area contributed by atoms with Crippen molar-refractivity contribution in [2.24, 2.45) is 5.92 Å². The fourth-order valence-electron chi connectivity index (χ4n) is 2.85. The molecule has 7 heteroatoms. The van der Waals surface area contributed by atoms with Gasteiger partial charge in [0.2, 0.25) is 11.8 Å². The van der Waals surface area contributed by atoms with Gasteiger partial charge in [-0.3, -0.25) is 9.59 Å². The van der Waals surface area contributed by atoms with Gasteiger partial charge in [0.1, 0.15) is 5.75 Å². The second-order valence-corrected chi connectivity index (χ2v) is 6.79. The molecule has 0 spiro atoms. The van der Waals surface area contributed by atoms with Crippen LogP contribution in [-0.2, 0) is 9.59 Å². The molecule has 2 aromatic rings. The van der Waals surface area contributed by atoms with Crippen LogP contribution in [0.25, 0.3) is 0 Å². The maximum absolute atomic E-state index is 12.5. The molecule has 0 bridgehead atoms. The molecule has 3 rings (SSSR count). The van der Waals surface area contributed by atoms with Gasteiger partial charge in [-0.2, -0.15) is 0 Å². The molecule has 0 saturated carbocycles. The van der Waals surface area contributed by atoms with Gasteiger partial charge < -0.3 is 15.0 Å². The zero-order chi connectivity index (χ0) is 18.7. The number of benzene rings is 2. The van der Waals surface area contributed by atoms with Crippen LogP contribution in [0.4, 0.5) is 11.4 Å². The second-order valence-electron chi connectivity index (χ2n) is 5.95. The molecule has 0 radical (unpaired) electrons. The number of nitrogens with zero attached hydrogens (tertiary/aromatic N) is 1. The predicted octanol–water partition coefficient (Wildman–Crippen LogP) is 4.38. The van der Waals surface area contributed by atoms with E-state index < -0.39 is 5.92 Å². The largest absolute Gasteiger partial charge is 0.494 e. The molecule has 1 N–H and O–H groups in total. The number of carbonyl (C=O) groups excluding carboxylic acids is 2. The minimum atomic E-state index is -0.455. The van der Waals surface area contributed by atoms with E-state index in [1.165, 1.54) is 4.90 Å². The van der Waals surface area contributed by atoms with Gasteiger partial charge in [-0.15, -0.1) is 0 Å². The van der Waals surface area contributed by atoms with Crippen molar-refractivity contribution >= 4 is 46.4 Å². The normalized spacial score (nSPS) is 16.7. The van der Waals surface area contributed by atoms with Crippen LogP contribution in [0.3, 0.4) is 0 Å². The lowest BCUT2D eigenvalue weighted by atomic mass is 10.1. The van der Waals surface area contributed by atoms with Crippen LogP contribution in [0.5, 0.6) is 5.75 Å². The Labute approximate surface area is 161 Å². The summed E-state index contributed by atoms with van der Waals surface area (Å²) in [7, 11) is 0. The van der Waals surface area contributed by atoms with Gasteiger partial charge in [-0.05, 0) is 49.4 Å². The Morgan fingerprint density at radius 1 is 1.23 bits per heavy atom. The highest BCUT2D eigenvalue weighted by molar-refractivity contribution is 6.36.